The molecule has 7 heteroatoms. The van der Waals surface area contributed by atoms with Crippen LogP contribution < -0.4 is 31.2 Å². The van der Waals surface area contributed by atoms with E-state index in [-0.39, 0.29) is 22.8 Å². The van der Waals surface area contributed by atoms with Crippen molar-refractivity contribution in [3.8, 4) is 5.75 Å². The molecular formula is C41H39Br2N3O2. The number of hydrogen-bond donors (Lipinski definition) is 0. The van der Waals surface area contributed by atoms with Crippen LogP contribution >= 0.6 is 15.9 Å². The van der Waals surface area contributed by atoms with Gasteiger partial charge in [-0.2, -0.15) is 0 Å². The lowest BCUT2D eigenvalue weighted by atomic mass is 9.81. The Hall–Kier alpha value is -3.94. The van der Waals surface area contributed by atoms with Gasteiger partial charge in [0.25, 0.3) is 0 Å². The number of hydrogen-bond acceptors (Lipinski definition) is 3. The summed E-state index contributed by atoms with van der Waals surface area (Å²) in [6, 6.07) is 32.1. The number of Topliss-reactive ketones (excluding diaryl/α,β-unsaturated/α-hetero) is 1. The molecule has 0 saturated carbocycles. The van der Waals surface area contributed by atoms with E-state index in [4.69, 9.17) is 4.74 Å². The number of fused-ring (bicyclic) bond motifs is 7. The number of rotatable bonds is 8. The van der Waals surface area contributed by atoms with E-state index in [0.29, 0.717) is 18.4 Å². The minimum absolute atomic E-state index is 0. The van der Waals surface area contributed by atoms with E-state index in [1.54, 1.807) is 7.11 Å². The van der Waals surface area contributed by atoms with Crippen LogP contribution in [0.15, 0.2) is 102 Å². The van der Waals surface area contributed by atoms with Crippen LogP contribution in [0.3, 0.4) is 0 Å². The summed E-state index contributed by atoms with van der Waals surface area (Å²) in [5.41, 5.74) is 11.0. The van der Waals surface area contributed by atoms with Crippen LogP contribution in [0.5, 0.6) is 5.75 Å². The number of aryl methyl sites for hydroxylation is 3. The Labute approximate surface area is 301 Å². The highest BCUT2D eigenvalue weighted by Gasteiger charge is 2.41. The van der Waals surface area contributed by atoms with Gasteiger partial charge in [-0.15, -0.1) is 0 Å². The first-order valence-corrected chi connectivity index (χ1v) is 17.4. The molecule has 0 bridgehead atoms. The number of imidazole rings is 1. The number of carbonyl (C=O) groups is 1. The molecule has 1 aliphatic heterocycles. The minimum Gasteiger partial charge on any atom is -1.00 e. The van der Waals surface area contributed by atoms with E-state index < -0.39 is 0 Å². The van der Waals surface area contributed by atoms with Gasteiger partial charge < -0.3 is 26.6 Å². The average Bonchev–Trinajstić information content (AvgIpc) is 3.60. The number of ketones is 1. The molecule has 1 aromatic heterocycles. The van der Waals surface area contributed by atoms with Crippen molar-refractivity contribution in [3.63, 3.8) is 0 Å². The second-order valence-corrected chi connectivity index (χ2v) is 14.2. The Morgan fingerprint density at radius 2 is 1.71 bits per heavy atom. The van der Waals surface area contributed by atoms with Gasteiger partial charge >= 0.3 is 0 Å². The molecule has 2 atom stereocenters. The number of aromatic nitrogens is 2. The van der Waals surface area contributed by atoms with Crippen LogP contribution in [0.2, 0.25) is 0 Å². The van der Waals surface area contributed by atoms with Crippen LogP contribution in [0.4, 0.5) is 5.69 Å². The highest BCUT2D eigenvalue weighted by Crippen LogP contribution is 2.52. The first-order chi connectivity index (χ1) is 22.9. The third kappa shape index (κ3) is 5.75. The van der Waals surface area contributed by atoms with Gasteiger partial charge in [-0.05, 0) is 101 Å². The summed E-state index contributed by atoms with van der Waals surface area (Å²) in [4.78, 5) is 16.2. The highest BCUT2D eigenvalue weighted by molar-refractivity contribution is 9.10. The van der Waals surface area contributed by atoms with Gasteiger partial charge in [-0.25, -0.2) is 9.13 Å². The number of carbonyl (C=O) groups excluding carboxylic acids is 1. The van der Waals surface area contributed by atoms with Crippen LogP contribution in [-0.4, -0.2) is 30.5 Å². The third-order valence-electron chi connectivity index (χ3n) is 10.5. The molecular weight excluding hydrogens is 726 g/mol. The van der Waals surface area contributed by atoms with Gasteiger partial charge in [0.15, 0.2) is 17.6 Å². The van der Waals surface area contributed by atoms with Crippen LogP contribution in [-0.2, 0) is 19.5 Å². The number of para-hydroxylation sites is 1. The zero-order chi connectivity index (χ0) is 32.2. The first-order valence-electron chi connectivity index (χ1n) is 16.6. The number of methoxy groups -OCH3 is 1. The Balaban J connectivity index is 0.00000364. The molecule has 2 aliphatic rings. The van der Waals surface area contributed by atoms with Gasteiger partial charge in [0.2, 0.25) is 12.1 Å². The van der Waals surface area contributed by atoms with Crippen molar-refractivity contribution in [3.05, 3.63) is 135 Å². The number of ether oxygens (including phenoxy) is 1. The zero-order valence-corrected chi connectivity index (χ0v) is 30.7. The second-order valence-electron chi connectivity index (χ2n) is 13.3. The predicted molar refractivity (Wildman–Crippen MR) is 193 cm³/mol. The molecule has 0 saturated heterocycles. The minimum atomic E-state index is 0. The number of halogens is 2. The molecule has 1 aliphatic carbocycles. The topological polar surface area (TPSA) is 38.3 Å². The zero-order valence-electron chi connectivity index (χ0n) is 27.5. The molecule has 0 spiro atoms. The molecule has 0 unspecified atom stereocenters. The van der Waals surface area contributed by atoms with E-state index in [1.165, 1.54) is 39.0 Å². The van der Waals surface area contributed by atoms with E-state index in [0.717, 1.165) is 64.6 Å². The van der Waals surface area contributed by atoms with Crippen LogP contribution in [0.1, 0.15) is 50.5 Å². The van der Waals surface area contributed by atoms with E-state index in [1.807, 2.05) is 30.3 Å². The number of nitrogens with zero attached hydrogens (tertiary/aromatic N) is 3. The highest BCUT2D eigenvalue weighted by atomic mass is 79.9. The van der Waals surface area contributed by atoms with Gasteiger partial charge in [0, 0.05) is 35.5 Å². The fourth-order valence-electron chi connectivity index (χ4n) is 8.04. The van der Waals surface area contributed by atoms with E-state index in [9.17, 15) is 4.79 Å². The third-order valence-corrected chi connectivity index (χ3v) is 10.9. The molecule has 0 radical (unpaired) electrons. The Morgan fingerprint density at radius 1 is 0.896 bits per heavy atom. The second kappa shape index (κ2) is 13.2. The summed E-state index contributed by atoms with van der Waals surface area (Å²) < 4.78 is 11.6. The lowest BCUT2D eigenvalue weighted by Crippen LogP contribution is -3.00. The SMILES string of the molecule is COc1cccc2c1N(CCCn1c[n+](CC(=O)c3ccc4ccccc4c3)c3cc(C)c(C)cc31)C[C@@H]1Cc3ccc(Br)cc3[C@H]21.[Br-]. The molecule has 6 aromatic rings. The first kappa shape index (κ1) is 32.6. The average molecular weight is 766 g/mol. The van der Waals surface area contributed by atoms with Crippen LogP contribution in [0.25, 0.3) is 21.8 Å². The summed E-state index contributed by atoms with van der Waals surface area (Å²) in [6.45, 7) is 7.42. The van der Waals surface area contributed by atoms with Crippen molar-refractivity contribution in [1.82, 2.24) is 4.57 Å². The van der Waals surface area contributed by atoms with Gasteiger partial charge in [0.1, 0.15) is 5.75 Å². The molecule has 5 nitrogen and oxygen atoms in total. The van der Waals surface area contributed by atoms with Crippen molar-refractivity contribution < 1.29 is 31.1 Å². The van der Waals surface area contributed by atoms with E-state index >= 15 is 0 Å². The summed E-state index contributed by atoms with van der Waals surface area (Å²) in [6.07, 6.45) is 4.23. The molecule has 2 heterocycles. The van der Waals surface area contributed by atoms with Crippen molar-refractivity contribution in [2.24, 2.45) is 5.92 Å². The quantitative estimate of drug-likeness (QED) is 0.150. The van der Waals surface area contributed by atoms with Gasteiger partial charge in [0.05, 0.1) is 19.3 Å². The summed E-state index contributed by atoms with van der Waals surface area (Å²) in [5, 5.41) is 2.24. The van der Waals surface area contributed by atoms with Crippen LogP contribution in [0, 0.1) is 19.8 Å². The Kier molecular flexibility index (Phi) is 8.94. The fourth-order valence-corrected chi connectivity index (χ4v) is 8.42. The maximum absolute atomic E-state index is 13.6. The monoisotopic (exact) mass is 763 g/mol. The number of benzene rings is 5. The van der Waals surface area contributed by atoms with Crippen molar-refractivity contribution in [2.75, 3.05) is 25.1 Å². The molecule has 244 valence electrons. The predicted octanol–water partition coefficient (Wildman–Crippen LogP) is 5.57. The van der Waals surface area contributed by atoms with Gasteiger partial charge in [-0.3, -0.25) is 4.79 Å². The largest absolute Gasteiger partial charge is 1.00 e. The molecule has 0 fully saturated rings. The molecule has 48 heavy (non-hydrogen) atoms. The fraction of sp³-hybridized carbons (Fsp3) is 0.268. The van der Waals surface area contributed by atoms with Crippen molar-refractivity contribution in [1.29, 1.82) is 0 Å². The standard InChI is InChI=1S/C41H39BrN3O2.BrH/c1-26-18-36-37(19-27(26)2)45(24-38(46)31-13-12-28-8-4-5-9-29(28)20-31)25-44(36)17-7-16-43-23-32-21-30-14-15-33(42)22-35(30)40(32)34-10-6-11-39(47-3)41(34)43;/h4-6,8-15,18-20,22,25,32,40H,7,16-17,21,23-24H2,1-3H3;1H/q+1;/p-1/t32-,40-;/m0./s1. The number of anilines is 1. The summed E-state index contributed by atoms with van der Waals surface area (Å²) >= 11 is 3.72. The Bertz CT molecular complexity index is 2190. The van der Waals surface area contributed by atoms with Crippen molar-refractivity contribution >= 4 is 49.2 Å². The lowest BCUT2D eigenvalue weighted by Gasteiger charge is -2.39. The molecule has 0 amide bonds. The summed E-state index contributed by atoms with van der Waals surface area (Å²) in [5.74, 6) is 2.00. The van der Waals surface area contributed by atoms with Crippen molar-refractivity contribution in [2.45, 2.75) is 45.7 Å². The Morgan fingerprint density at radius 3 is 2.54 bits per heavy atom. The lowest BCUT2D eigenvalue weighted by molar-refractivity contribution is -0.658. The smallest absolute Gasteiger partial charge is 0.245 e. The maximum atomic E-state index is 13.6. The molecule has 5 aromatic carbocycles. The van der Waals surface area contributed by atoms with E-state index in [2.05, 4.69) is 111 Å². The molecule has 0 N–H and O–H groups in total. The molecule has 8 rings (SSSR count). The maximum Gasteiger partial charge on any atom is 0.245 e. The normalized spacial score (nSPS) is 16.4. The van der Waals surface area contributed by atoms with Gasteiger partial charge in [-0.1, -0.05) is 70.5 Å². The summed E-state index contributed by atoms with van der Waals surface area (Å²) in [7, 11) is 1.79.